The Kier molecular flexibility index (Phi) is 7.99. The number of benzene rings is 2. The number of aryl methyl sites for hydroxylation is 1. The summed E-state index contributed by atoms with van der Waals surface area (Å²) in [6, 6.07) is 11.5. The van der Waals surface area contributed by atoms with Crippen LogP contribution in [-0.2, 0) is 21.9 Å². The van der Waals surface area contributed by atoms with Crippen molar-refractivity contribution in [2.24, 2.45) is 23.7 Å². The fourth-order valence-electron chi connectivity index (χ4n) is 8.15. The molecule has 2 saturated carbocycles. The zero-order valence-electron chi connectivity index (χ0n) is 25.4. The smallest absolute Gasteiger partial charge is 0.264 e. The maximum absolute atomic E-state index is 13.7. The lowest BCUT2D eigenvalue weighted by atomic mass is 9.68. The van der Waals surface area contributed by atoms with Gasteiger partial charge in [0.2, 0.25) is 10.0 Å². The number of carbonyl (C=O) groups excluding carboxylic acids is 1. The predicted octanol–water partition coefficient (Wildman–Crippen LogP) is 6.02. The van der Waals surface area contributed by atoms with Gasteiger partial charge in [-0.3, -0.25) is 4.79 Å². The van der Waals surface area contributed by atoms with Crippen LogP contribution in [0, 0.1) is 23.7 Å². The van der Waals surface area contributed by atoms with Crippen LogP contribution in [0.3, 0.4) is 0 Å². The largest absolute Gasteiger partial charge is 0.490 e. The SMILES string of the molecule is C[C@H]1C/C=C\C(O)[C@@H]2CC[C@H]2CN2C[C@@]3(CCCc4cc(Cl)ccc43)COc3ccc(cc32)C(=O)NS(=O)(=O)[C@@H]1CC1CC1. The first-order valence-electron chi connectivity index (χ1n) is 16.3. The van der Waals surface area contributed by atoms with E-state index in [4.69, 9.17) is 16.3 Å². The molecule has 7 nitrogen and oxygen atoms in total. The van der Waals surface area contributed by atoms with Gasteiger partial charge in [0.05, 0.1) is 23.6 Å². The van der Waals surface area contributed by atoms with Gasteiger partial charge in [0.1, 0.15) is 5.75 Å². The molecule has 9 heteroatoms. The number of hydrogen-bond donors (Lipinski definition) is 2. The van der Waals surface area contributed by atoms with Crippen LogP contribution < -0.4 is 14.4 Å². The maximum Gasteiger partial charge on any atom is 0.264 e. The quantitative estimate of drug-likeness (QED) is 0.391. The lowest BCUT2D eigenvalue weighted by Gasteiger charge is -2.45. The molecule has 0 radical (unpaired) electrons. The summed E-state index contributed by atoms with van der Waals surface area (Å²) in [7, 11) is -3.93. The summed E-state index contributed by atoms with van der Waals surface area (Å²) in [6.45, 7) is 3.87. The van der Waals surface area contributed by atoms with Gasteiger partial charge >= 0.3 is 0 Å². The first kappa shape index (κ1) is 30.1. The van der Waals surface area contributed by atoms with Gasteiger partial charge in [0.15, 0.2) is 0 Å². The number of anilines is 1. The second-order valence-electron chi connectivity index (χ2n) is 14.1. The molecular weight excluding hydrogens is 596 g/mol. The molecular formula is C35H43ClN2O5S. The molecule has 2 N–H and O–H groups in total. The Morgan fingerprint density at radius 3 is 2.75 bits per heavy atom. The van der Waals surface area contributed by atoms with Gasteiger partial charge in [-0.1, -0.05) is 49.6 Å². The molecule has 1 unspecified atom stereocenters. The molecule has 1 amide bonds. The van der Waals surface area contributed by atoms with Gasteiger partial charge in [-0.2, -0.15) is 0 Å². The zero-order chi connectivity index (χ0) is 30.6. The van der Waals surface area contributed by atoms with E-state index < -0.39 is 27.3 Å². The molecule has 6 atom stereocenters. The van der Waals surface area contributed by atoms with E-state index in [1.807, 2.05) is 31.2 Å². The molecule has 236 valence electrons. The molecule has 7 rings (SSSR count). The van der Waals surface area contributed by atoms with Gasteiger partial charge in [0, 0.05) is 29.1 Å². The van der Waals surface area contributed by atoms with Crippen LogP contribution in [-0.4, -0.2) is 50.5 Å². The van der Waals surface area contributed by atoms with Gasteiger partial charge in [0.25, 0.3) is 5.91 Å². The standard InChI is InChI=1S/C35H43ClN2O5S/c1-22-4-2-6-31(39)28-12-9-26(28)19-38-20-35(15-3-5-24-17-27(36)11-13-29(24)35)21-43-32-14-10-25(18-30(32)38)34(40)37-44(41,42)33(22)16-23-7-8-23/h2,6,10-11,13-14,17-18,22-23,26,28,31,33,39H,3-5,7-9,12,15-16,19-21H2,1H3,(H,37,40)/b6-2-/t22-,26-,28+,31?,33+,35-/m0/s1. The van der Waals surface area contributed by atoms with Crippen LogP contribution in [0.5, 0.6) is 5.75 Å². The Morgan fingerprint density at radius 2 is 1.98 bits per heavy atom. The van der Waals surface area contributed by atoms with Crippen molar-refractivity contribution >= 4 is 33.2 Å². The number of aliphatic hydroxyl groups excluding tert-OH is 1. The minimum absolute atomic E-state index is 0.132. The van der Waals surface area contributed by atoms with Gasteiger partial charge in [-0.15, -0.1) is 0 Å². The van der Waals surface area contributed by atoms with Crippen molar-refractivity contribution in [1.82, 2.24) is 4.72 Å². The average Bonchev–Trinajstić information content (AvgIpc) is 3.81. The van der Waals surface area contributed by atoms with Crippen molar-refractivity contribution in [3.8, 4) is 5.75 Å². The molecule has 2 bridgehead atoms. The van der Waals surface area contributed by atoms with Gasteiger partial charge < -0.3 is 14.7 Å². The second kappa shape index (κ2) is 11.7. The lowest BCUT2D eigenvalue weighted by molar-refractivity contribution is 0.0455. The number of aliphatic hydroxyl groups is 1. The summed E-state index contributed by atoms with van der Waals surface area (Å²) in [6.07, 6.45) is 11.4. The minimum atomic E-state index is -3.93. The molecule has 2 heterocycles. The maximum atomic E-state index is 13.7. The molecule has 2 aromatic rings. The van der Waals surface area contributed by atoms with Crippen LogP contribution in [0.4, 0.5) is 5.69 Å². The summed E-state index contributed by atoms with van der Waals surface area (Å²) < 4.78 is 36.4. The third kappa shape index (κ3) is 5.78. The summed E-state index contributed by atoms with van der Waals surface area (Å²) >= 11 is 6.41. The Bertz CT molecular complexity index is 1570. The third-order valence-corrected chi connectivity index (χ3v) is 13.2. The number of fused-ring (bicyclic) bond motifs is 4. The molecule has 44 heavy (non-hydrogen) atoms. The number of hydrogen-bond acceptors (Lipinski definition) is 6. The fourth-order valence-corrected chi connectivity index (χ4v) is 10.1. The van der Waals surface area contributed by atoms with E-state index in [1.165, 1.54) is 11.1 Å². The van der Waals surface area contributed by atoms with Gasteiger partial charge in [-0.25, -0.2) is 13.1 Å². The van der Waals surface area contributed by atoms with Crippen LogP contribution in [0.2, 0.25) is 5.02 Å². The minimum Gasteiger partial charge on any atom is -0.490 e. The molecule has 5 aliphatic rings. The van der Waals surface area contributed by atoms with Crippen molar-refractivity contribution in [3.63, 3.8) is 0 Å². The average molecular weight is 639 g/mol. The summed E-state index contributed by atoms with van der Waals surface area (Å²) in [4.78, 5) is 15.9. The van der Waals surface area contributed by atoms with Crippen molar-refractivity contribution in [1.29, 1.82) is 0 Å². The molecule has 1 spiro atoms. The Balaban J connectivity index is 1.28. The van der Waals surface area contributed by atoms with E-state index in [-0.39, 0.29) is 23.2 Å². The van der Waals surface area contributed by atoms with Crippen LogP contribution in [0.1, 0.15) is 79.8 Å². The number of nitrogens with zero attached hydrogens (tertiary/aromatic N) is 1. The highest BCUT2D eigenvalue weighted by atomic mass is 35.5. The van der Waals surface area contributed by atoms with Crippen molar-refractivity contribution in [2.75, 3.05) is 24.6 Å². The normalized spacial score (nSPS) is 34.0. The Hall–Kier alpha value is -2.55. The van der Waals surface area contributed by atoms with Crippen LogP contribution >= 0.6 is 11.6 Å². The zero-order valence-corrected chi connectivity index (χ0v) is 27.0. The van der Waals surface area contributed by atoms with E-state index in [9.17, 15) is 18.3 Å². The molecule has 0 saturated heterocycles. The van der Waals surface area contributed by atoms with E-state index in [2.05, 4.69) is 21.8 Å². The Morgan fingerprint density at radius 1 is 1.14 bits per heavy atom. The first-order valence-corrected chi connectivity index (χ1v) is 18.3. The van der Waals surface area contributed by atoms with Crippen molar-refractivity contribution in [2.45, 2.75) is 81.5 Å². The number of amides is 1. The topological polar surface area (TPSA) is 95.9 Å². The number of ether oxygens (including phenoxy) is 1. The molecule has 2 fully saturated rings. The molecule has 2 aromatic carbocycles. The first-order chi connectivity index (χ1) is 21.1. The summed E-state index contributed by atoms with van der Waals surface area (Å²) in [5.74, 6) is 0.716. The monoisotopic (exact) mass is 638 g/mol. The number of allylic oxidation sites excluding steroid dienone is 1. The third-order valence-electron chi connectivity index (χ3n) is 11.0. The Labute approximate surface area is 266 Å². The number of halogens is 1. The van der Waals surface area contributed by atoms with E-state index in [0.717, 1.165) is 62.2 Å². The highest BCUT2D eigenvalue weighted by Crippen LogP contribution is 2.47. The van der Waals surface area contributed by atoms with Crippen LogP contribution in [0.25, 0.3) is 0 Å². The lowest BCUT2D eigenvalue weighted by Crippen LogP contribution is -2.49. The van der Waals surface area contributed by atoms with Crippen LogP contribution in [0.15, 0.2) is 48.6 Å². The van der Waals surface area contributed by atoms with Gasteiger partial charge in [-0.05, 0) is 110 Å². The van der Waals surface area contributed by atoms with Crippen molar-refractivity contribution < 1.29 is 23.1 Å². The summed E-state index contributed by atoms with van der Waals surface area (Å²) in [5, 5.41) is 11.3. The molecule has 0 aromatic heterocycles. The van der Waals surface area contributed by atoms with E-state index in [1.54, 1.807) is 12.1 Å². The second-order valence-corrected chi connectivity index (χ2v) is 16.4. The fraction of sp³-hybridized carbons (Fsp3) is 0.571. The van der Waals surface area contributed by atoms with E-state index in [0.29, 0.717) is 43.2 Å². The number of carbonyl (C=O) groups is 1. The number of rotatable bonds is 2. The molecule has 3 aliphatic carbocycles. The highest BCUT2D eigenvalue weighted by molar-refractivity contribution is 7.90. The number of nitrogens with one attached hydrogen (secondary N) is 1. The molecule has 2 aliphatic heterocycles. The van der Waals surface area contributed by atoms with E-state index >= 15 is 0 Å². The number of sulfonamides is 1. The highest BCUT2D eigenvalue weighted by Gasteiger charge is 2.44. The van der Waals surface area contributed by atoms with Crippen molar-refractivity contribution in [3.05, 3.63) is 70.3 Å². The predicted molar refractivity (Wildman–Crippen MR) is 173 cm³/mol. The summed E-state index contributed by atoms with van der Waals surface area (Å²) in [5.41, 5.74) is 3.38.